The van der Waals surface area contributed by atoms with Crippen molar-refractivity contribution in [2.75, 3.05) is 18.1 Å². The van der Waals surface area contributed by atoms with Crippen LogP contribution < -0.4 is 10.9 Å². The van der Waals surface area contributed by atoms with Crippen molar-refractivity contribution in [1.82, 2.24) is 10.2 Å². The summed E-state index contributed by atoms with van der Waals surface area (Å²) in [6, 6.07) is 0. The fourth-order valence-electron chi connectivity index (χ4n) is 1.08. The number of aromatic amines is 1. The van der Waals surface area contributed by atoms with Crippen LogP contribution in [0.2, 0.25) is 5.02 Å². The molecular weight excluding hydrogens is 250 g/mol. The van der Waals surface area contributed by atoms with E-state index < -0.39 is 16.4 Å². The third-order valence-electron chi connectivity index (χ3n) is 2.23. The topological polar surface area (TPSA) is 74.8 Å². The summed E-state index contributed by atoms with van der Waals surface area (Å²) in [5.41, 5.74) is 0.0817. The molecule has 0 fully saturated rings. The van der Waals surface area contributed by atoms with E-state index in [9.17, 15) is 9.00 Å². The SMILES string of the molecule is CC(CCNc1cn[nH]c(=O)c1Cl)S(C)=O. The Morgan fingerprint density at radius 3 is 3.00 bits per heavy atom. The van der Waals surface area contributed by atoms with E-state index in [1.54, 1.807) is 6.26 Å². The fraction of sp³-hybridized carbons (Fsp3) is 0.556. The van der Waals surface area contributed by atoms with Crippen molar-refractivity contribution in [1.29, 1.82) is 0 Å². The lowest BCUT2D eigenvalue weighted by Crippen LogP contribution is -2.17. The van der Waals surface area contributed by atoms with Crippen molar-refractivity contribution in [2.45, 2.75) is 18.6 Å². The van der Waals surface area contributed by atoms with Crippen LogP contribution in [-0.2, 0) is 10.8 Å². The zero-order valence-electron chi connectivity index (χ0n) is 9.12. The van der Waals surface area contributed by atoms with Crippen molar-refractivity contribution in [3.8, 4) is 0 Å². The summed E-state index contributed by atoms with van der Waals surface area (Å²) >= 11 is 5.76. The average Bonchev–Trinajstić information content (AvgIpc) is 2.24. The Morgan fingerprint density at radius 2 is 2.38 bits per heavy atom. The third-order valence-corrected chi connectivity index (χ3v) is 3.97. The number of rotatable bonds is 5. The molecule has 0 radical (unpaired) electrons. The largest absolute Gasteiger partial charge is 0.382 e. The Hall–Kier alpha value is -0.880. The summed E-state index contributed by atoms with van der Waals surface area (Å²) in [5, 5.41) is 9.07. The van der Waals surface area contributed by atoms with Crippen molar-refractivity contribution in [3.05, 3.63) is 21.6 Å². The first kappa shape index (κ1) is 13.2. The first-order chi connectivity index (χ1) is 7.52. The smallest absolute Gasteiger partial charge is 0.285 e. The zero-order chi connectivity index (χ0) is 12.1. The highest BCUT2D eigenvalue weighted by molar-refractivity contribution is 7.84. The maximum absolute atomic E-state index is 11.1. The molecule has 16 heavy (non-hydrogen) atoms. The summed E-state index contributed by atoms with van der Waals surface area (Å²) < 4.78 is 11.1. The Kier molecular flexibility index (Phi) is 4.95. The van der Waals surface area contributed by atoms with Gasteiger partial charge in [-0.05, 0) is 6.42 Å². The summed E-state index contributed by atoms with van der Waals surface area (Å²) in [5.74, 6) is 0. The first-order valence-corrected chi connectivity index (χ1v) is 6.81. The molecule has 7 heteroatoms. The van der Waals surface area contributed by atoms with Gasteiger partial charge in [0, 0.05) is 28.9 Å². The minimum atomic E-state index is -0.834. The van der Waals surface area contributed by atoms with Gasteiger partial charge >= 0.3 is 0 Å². The number of halogens is 1. The van der Waals surface area contributed by atoms with Gasteiger partial charge in [-0.1, -0.05) is 18.5 Å². The monoisotopic (exact) mass is 263 g/mol. The minimum absolute atomic E-state index is 0.0975. The van der Waals surface area contributed by atoms with Gasteiger partial charge in [0.2, 0.25) is 0 Å². The second-order valence-electron chi connectivity index (χ2n) is 3.45. The van der Waals surface area contributed by atoms with E-state index in [1.165, 1.54) is 6.20 Å². The minimum Gasteiger partial charge on any atom is -0.382 e. The molecule has 2 N–H and O–H groups in total. The molecular formula is C9H14ClN3O2S. The quantitative estimate of drug-likeness (QED) is 0.831. The molecule has 1 rings (SSSR count). The van der Waals surface area contributed by atoms with Gasteiger partial charge in [0.25, 0.3) is 5.56 Å². The van der Waals surface area contributed by atoms with E-state index >= 15 is 0 Å². The highest BCUT2D eigenvalue weighted by atomic mass is 35.5. The Labute approximate surface area is 101 Å². The van der Waals surface area contributed by atoms with Gasteiger partial charge in [-0.15, -0.1) is 0 Å². The second-order valence-corrected chi connectivity index (χ2v) is 5.63. The molecule has 1 aromatic rings. The van der Waals surface area contributed by atoms with Gasteiger partial charge in [0.05, 0.1) is 11.9 Å². The van der Waals surface area contributed by atoms with Gasteiger partial charge in [0.15, 0.2) is 0 Å². The summed E-state index contributed by atoms with van der Waals surface area (Å²) in [6.45, 7) is 2.51. The number of hydrogen-bond acceptors (Lipinski definition) is 4. The average molecular weight is 264 g/mol. The van der Waals surface area contributed by atoms with Crippen molar-refractivity contribution in [2.24, 2.45) is 0 Å². The van der Waals surface area contributed by atoms with E-state index in [0.29, 0.717) is 12.2 Å². The zero-order valence-corrected chi connectivity index (χ0v) is 10.7. The van der Waals surface area contributed by atoms with E-state index in [0.717, 1.165) is 6.42 Å². The van der Waals surface area contributed by atoms with Gasteiger partial charge in [0.1, 0.15) is 5.02 Å². The molecule has 2 unspecified atom stereocenters. The summed E-state index contributed by atoms with van der Waals surface area (Å²) in [7, 11) is -0.834. The molecule has 90 valence electrons. The van der Waals surface area contributed by atoms with Crippen molar-refractivity contribution >= 4 is 28.1 Å². The molecule has 0 aromatic carbocycles. The van der Waals surface area contributed by atoms with Crippen LogP contribution in [0, 0.1) is 0 Å². The summed E-state index contributed by atoms with van der Waals surface area (Å²) in [6.07, 6.45) is 3.87. The molecule has 0 amide bonds. The lowest BCUT2D eigenvalue weighted by Gasteiger charge is -2.10. The molecule has 5 nitrogen and oxygen atoms in total. The Balaban J connectivity index is 2.53. The predicted molar refractivity (Wildman–Crippen MR) is 66.5 cm³/mol. The first-order valence-electron chi connectivity index (χ1n) is 4.81. The van der Waals surface area contributed by atoms with Crippen LogP contribution in [0.3, 0.4) is 0 Å². The van der Waals surface area contributed by atoms with Gasteiger partial charge in [-0.2, -0.15) is 5.10 Å². The molecule has 1 heterocycles. The standard InChI is InChI=1S/C9H14ClN3O2S/c1-6(16(2)15)3-4-11-7-5-12-13-9(14)8(7)10/h5-6H,3-4H2,1-2H3,(H2,11,13,14). The van der Waals surface area contributed by atoms with E-state index in [1.807, 2.05) is 6.92 Å². The highest BCUT2D eigenvalue weighted by Crippen LogP contribution is 2.14. The number of hydrogen-bond donors (Lipinski definition) is 2. The number of aromatic nitrogens is 2. The van der Waals surface area contributed by atoms with Crippen molar-refractivity contribution in [3.63, 3.8) is 0 Å². The fourth-order valence-corrected chi connectivity index (χ4v) is 1.69. The number of H-pyrrole nitrogens is 1. The van der Waals surface area contributed by atoms with Gasteiger partial charge in [-0.3, -0.25) is 9.00 Å². The van der Waals surface area contributed by atoms with Crippen LogP contribution in [-0.4, -0.2) is 32.5 Å². The molecule has 0 spiro atoms. The van der Waals surface area contributed by atoms with Crippen LogP contribution in [0.1, 0.15) is 13.3 Å². The molecule has 0 aliphatic rings. The van der Waals surface area contributed by atoms with Crippen molar-refractivity contribution < 1.29 is 4.21 Å². The second kappa shape index (κ2) is 6.00. The number of nitrogens with one attached hydrogen (secondary N) is 2. The molecule has 0 saturated carbocycles. The van der Waals surface area contributed by atoms with Gasteiger partial charge in [-0.25, -0.2) is 5.10 Å². The molecule has 0 saturated heterocycles. The van der Waals surface area contributed by atoms with E-state index in [2.05, 4.69) is 15.5 Å². The number of nitrogens with zero attached hydrogens (tertiary/aromatic N) is 1. The highest BCUT2D eigenvalue weighted by Gasteiger charge is 2.07. The Morgan fingerprint density at radius 1 is 1.69 bits per heavy atom. The lowest BCUT2D eigenvalue weighted by molar-refractivity contribution is 0.672. The molecule has 2 atom stereocenters. The molecule has 0 bridgehead atoms. The predicted octanol–water partition coefficient (Wildman–Crippen LogP) is 0.992. The normalized spacial score (nSPS) is 14.4. The molecule has 1 aromatic heterocycles. The Bertz CT molecular complexity index is 435. The van der Waals surface area contributed by atoms with Crippen LogP contribution in [0.25, 0.3) is 0 Å². The van der Waals surface area contributed by atoms with Crippen LogP contribution in [0.4, 0.5) is 5.69 Å². The molecule has 0 aliphatic carbocycles. The van der Waals surface area contributed by atoms with E-state index in [-0.39, 0.29) is 10.3 Å². The maximum Gasteiger partial charge on any atom is 0.285 e. The van der Waals surface area contributed by atoms with Crippen LogP contribution in [0.15, 0.2) is 11.0 Å². The summed E-state index contributed by atoms with van der Waals surface area (Å²) in [4.78, 5) is 11.1. The lowest BCUT2D eigenvalue weighted by atomic mass is 10.3. The maximum atomic E-state index is 11.1. The van der Waals surface area contributed by atoms with E-state index in [4.69, 9.17) is 11.6 Å². The van der Waals surface area contributed by atoms with Crippen LogP contribution >= 0.6 is 11.6 Å². The van der Waals surface area contributed by atoms with Gasteiger partial charge < -0.3 is 5.32 Å². The third kappa shape index (κ3) is 3.61. The molecule has 0 aliphatic heterocycles. The van der Waals surface area contributed by atoms with Crippen LogP contribution in [0.5, 0.6) is 0 Å². The number of anilines is 1.